The van der Waals surface area contributed by atoms with Gasteiger partial charge in [-0.25, -0.2) is 0 Å². The molecule has 1 aromatic carbocycles. The Balaban J connectivity index is 1.28. The zero-order valence-corrected chi connectivity index (χ0v) is 15.7. The highest BCUT2D eigenvalue weighted by atomic mass is 16.2. The monoisotopic (exact) mass is 372 g/mol. The van der Waals surface area contributed by atoms with Crippen molar-refractivity contribution < 1.29 is 14.4 Å². The third kappa shape index (κ3) is 6.67. The van der Waals surface area contributed by atoms with Gasteiger partial charge in [-0.1, -0.05) is 30.3 Å². The second-order valence-corrected chi connectivity index (χ2v) is 7.26. The predicted molar refractivity (Wildman–Crippen MR) is 102 cm³/mol. The van der Waals surface area contributed by atoms with Crippen LogP contribution in [0.5, 0.6) is 0 Å². The van der Waals surface area contributed by atoms with Crippen LogP contribution < -0.4 is 10.6 Å². The molecule has 1 aliphatic heterocycles. The first kappa shape index (κ1) is 19.4. The SMILES string of the molecule is O=C(Cc1ccccc1)NCCC(=O)N1CCN(CC(=O)NC2CC2)CC1. The van der Waals surface area contributed by atoms with Gasteiger partial charge in [0.15, 0.2) is 0 Å². The molecule has 1 saturated carbocycles. The number of amides is 3. The van der Waals surface area contributed by atoms with E-state index in [1.165, 1.54) is 0 Å². The van der Waals surface area contributed by atoms with Crippen LogP contribution in [0.15, 0.2) is 30.3 Å². The van der Waals surface area contributed by atoms with E-state index in [4.69, 9.17) is 0 Å². The molecule has 0 atom stereocenters. The summed E-state index contributed by atoms with van der Waals surface area (Å²) in [6, 6.07) is 9.93. The van der Waals surface area contributed by atoms with E-state index in [9.17, 15) is 14.4 Å². The van der Waals surface area contributed by atoms with Gasteiger partial charge in [0.1, 0.15) is 0 Å². The molecule has 0 radical (unpaired) electrons. The van der Waals surface area contributed by atoms with Gasteiger partial charge in [0.25, 0.3) is 0 Å². The first-order valence-electron chi connectivity index (χ1n) is 9.70. The topological polar surface area (TPSA) is 81.8 Å². The molecule has 3 rings (SSSR count). The molecule has 0 bridgehead atoms. The summed E-state index contributed by atoms with van der Waals surface area (Å²) in [5.41, 5.74) is 0.961. The van der Waals surface area contributed by atoms with Crippen LogP contribution in [0.4, 0.5) is 0 Å². The molecule has 2 aliphatic rings. The fraction of sp³-hybridized carbons (Fsp3) is 0.550. The molecule has 146 valence electrons. The Labute approximate surface area is 160 Å². The number of nitrogens with one attached hydrogen (secondary N) is 2. The predicted octanol–water partition coefficient (Wildman–Crippen LogP) is 0.158. The van der Waals surface area contributed by atoms with Crippen LogP contribution in [-0.2, 0) is 20.8 Å². The summed E-state index contributed by atoms with van der Waals surface area (Å²) in [6.07, 6.45) is 2.82. The minimum Gasteiger partial charge on any atom is -0.355 e. The lowest BCUT2D eigenvalue weighted by Gasteiger charge is -2.34. The molecule has 2 N–H and O–H groups in total. The number of carbonyl (C=O) groups excluding carboxylic acids is 3. The Morgan fingerprint density at radius 1 is 0.963 bits per heavy atom. The van der Waals surface area contributed by atoms with Gasteiger partial charge < -0.3 is 15.5 Å². The maximum absolute atomic E-state index is 12.3. The van der Waals surface area contributed by atoms with E-state index in [1.54, 1.807) is 0 Å². The van der Waals surface area contributed by atoms with Gasteiger partial charge in [-0.3, -0.25) is 19.3 Å². The van der Waals surface area contributed by atoms with E-state index >= 15 is 0 Å². The number of piperazine rings is 1. The molecular weight excluding hydrogens is 344 g/mol. The van der Waals surface area contributed by atoms with E-state index in [2.05, 4.69) is 15.5 Å². The van der Waals surface area contributed by atoms with E-state index in [0.717, 1.165) is 18.4 Å². The molecule has 2 fully saturated rings. The standard InChI is InChI=1S/C20H28N4O3/c25-18(14-16-4-2-1-3-5-16)21-9-8-20(27)24-12-10-23(11-13-24)15-19(26)22-17-6-7-17/h1-5,17H,6-15H2,(H,21,25)(H,22,26). The number of hydrogen-bond donors (Lipinski definition) is 2. The van der Waals surface area contributed by atoms with Crippen molar-refractivity contribution in [3.05, 3.63) is 35.9 Å². The molecule has 1 aliphatic carbocycles. The van der Waals surface area contributed by atoms with Crippen molar-refractivity contribution in [2.24, 2.45) is 0 Å². The normalized spacial score (nSPS) is 17.4. The van der Waals surface area contributed by atoms with Crippen LogP contribution >= 0.6 is 0 Å². The van der Waals surface area contributed by atoms with Gasteiger partial charge >= 0.3 is 0 Å². The third-order valence-corrected chi connectivity index (χ3v) is 4.90. The fourth-order valence-electron chi connectivity index (χ4n) is 3.17. The zero-order valence-electron chi connectivity index (χ0n) is 15.7. The lowest BCUT2D eigenvalue weighted by Crippen LogP contribution is -2.51. The van der Waals surface area contributed by atoms with E-state index in [0.29, 0.717) is 58.2 Å². The molecule has 0 aromatic heterocycles. The van der Waals surface area contributed by atoms with Crippen molar-refractivity contribution in [2.45, 2.75) is 31.7 Å². The summed E-state index contributed by atoms with van der Waals surface area (Å²) in [5.74, 6) is 0.0657. The summed E-state index contributed by atoms with van der Waals surface area (Å²) in [7, 11) is 0. The average molecular weight is 372 g/mol. The molecule has 7 heteroatoms. The minimum absolute atomic E-state index is 0.0529. The average Bonchev–Trinajstić information content (AvgIpc) is 3.47. The summed E-state index contributed by atoms with van der Waals surface area (Å²) >= 11 is 0. The van der Waals surface area contributed by atoms with Gasteiger partial charge in [0.2, 0.25) is 17.7 Å². The van der Waals surface area contributed by atoms with Crippen LogP contribution in [0, 0.1) is 0 Å². The molecule has 7 nitrogen and oxygen atoms in total. The van der Waals surface area contributed by atoms with Gasteiger partial charge in [-0.15, -0.1) is 0 Å². The maximum atomic E-state index is 12.3. The first-order chi connectivity index (χ1) is 13.1. The van der Waals surface area contributed by atoms with E-state index in [1.807, 2.05) is 35.2 Å². The lowest BCUT2D eigenvalue weighted by atomic mass is 10.1. The van der Waals surface area contributed by atoms with Crippen LogP contribution in [0.2, 0.25) is 0 Å². The van der Waals surface area contributed by atoms with Gasteiger partial charge in [-0.2, -0.15) is 0 Å². The summed E-state index contributed by atoms with van der Waals surface area (Å²) in [5, 5.41) is 5.80. The second-order valence-electron chi connectivity index (χ2n) is 7.26. The molecule has 1 aromatic rings. The highest BCUT2D eigenvalue weighted by Crippen LogP contribution is 2.18. The number of nitrogens with zero attached hydrogens (tertiary/aromatic N) is 2. The minimum atomic E-state index is -0.0690. The quantitative estimate of drug-likeness (QED) is 0.681. The van der Waals surface area contributed by atoms with Crippen molar-refractivity contribution in [3.8, 4) is 0 Å². The third-order valence-electron chi connectivity index (χ3n) is 4.90. The molecular formula is C20H28N4O3. The smallest absolute Gasteiger partial charge is 0.234 e. The summed E-state index contributed by atoms with van der Waals surface area (Å²) < 4.78 is 0. The van der Waals surface area contributed by atoms with Gasteiger partial charge in [0.05, 0.1) is 13.0 Å². The Morgan fingerprint density at radius 3 is 2.33 bits per heavy atom. The molecule has 0 unspecified atom stereocenters. The molecule has 0 spiro atoms. The van der Waals surface area contributed by atoms with Crippen LogP contribution in [0.25, 0.3) is 0 Å². The highest BCUT2D eigenvalue weighted by molar-refractivity contribution is 5.80. The maximum Gasteiger partial charge on any atom is 0.234 e. The van der Waals surface area contributed by atoms with Gasteiger partial charge in [-0.05, 0) is 18.4 Å². The molecule has 27 heavy (non-hydrogen) atoms. The second kappa shape index (κ2) is 9.50. The van der Waals surface area contributed by atoms with Crippen LogP contribution in [0.3, 0.4) is 0 Å². The highest BCUT2D eigenvalue weighted by Gasteiger charge is 2.26. The van der Waals surface area contributed by atoms with Crippen molar-refractivity contribution in [2.75, 3.05) is 39.3 Å². The Hall–Kier alpha value is -2.41. The zero-order chi connectivity index (χ0) is 19.1. The number of benzene rings is 1. The largest absolute Gasteiger partial charge is 0.355 e. The summed E-state index contributed by atoms with van der Waals surface area (Å²) in [6.45, 7) is 3.46. The van der Waals surface area contributed by atoms with E-state index in [-0.39, 0.29) is 17.7 Å². The first-order valence-corrected chi connectivity index (χ1v) is 9.70. The van der Waals surface area contributed by atoms with Crippen molar-refractivity contribution in [1.82, 2.24) is 20.4 Å². The molecule has 1 heterocycles. The Bertz CT molecular complexity index is 652. The van der Waals surface area contributed by atoms with Crippen molar-refractivity contribution >= 4 is 17.7 Å². The number of carbonyl (C=O) groups is 3. The lowest BCUT2D eigenvalue weighted by molar-refractivity contribution is -0.133. The molecule has 3 amide bonds. The number of rotatable bonds is 8. The number of hydrogen-bond acceptors (Lipinski definition) is 4. The van der Waals surface area contributed by atoms with Crippen LogP contribution in [0.1, 0.15) is 24.8 Å². The summed E-state index contributed by atoms with van der Waals surface area (Å²) in [4.78, 5) is 40.0. The van der Waals surface area contributed by atoms with Gasteiger partial charge in [0, 0.05) is 45.2 Å². The van der Waals surface area contributed by atoms with E-state index < -0.39 is 0 Å². The molecule has 1 saturated heterocycles. The fourth-order valence-corrected chi connectivity index (χ4v) is 3.17. The Morgan fingerprint density at radius 2 is 1.67 bits per heavy atom. The van der Waals surface area contributed by atoms with Crippen molar-refractivity contribution in [3.63, 3.8) is 0 Å². The Kier molecular flexibility index (Phi) is 6.81. The van der Waals surface area contributed by atoms with Crippen LogP contribution in [-0.4, -0.2) is 72.8 Å². The van der Waals surface area contributed by atoms with Crippen molar-refractivity contribution in [1.29, 1.82) is 0 Å².